The van der Waals surface area contributed by atoms with Gasteiger partial charge in [-0.1, -0.05) is 0 Å². The zero-order chi connectivity index (χ0) is 19.2. The van der Waals surface area contributed by atoms with Gasteiger partial charge in [-0.05, 0) is 24.3 Å². The zero-order valence-electron chi connectivity index (χ0n) is 13.1. The summed E-state index contributed by atoms with van der Waals surface area (Å²) < 4.78 is 0. The van der Waals surface area contributed by atoms with E-state index in [0.29, 0.717) is 10.1 Å². The molecule has 0 fully saturated rings. The lowest BCUT2D eigenvalue weighted by Crippen LogP contribution is -2.30. The monoisotopic (exact) mass is 362 g/mol. The van der Waals surface area contributed by atoms with Gasteiger partial charge < -0.3 is 20.4 Å². The lowest BCUT2D eigenvalue weighted by Gasteiger charge is -2.27. The topological polar surface area (TPSA) is 162 Å². The summed E-state index contributed by atoms with van der Waals surface area (Å²) in [6.45, 7) is -1.80. The molecule has 2 aromatic rings. The fourth-order valence-electron chi connectivity index (χ4n) is 2.91. The molecule has 0 atom stereocenters. The number of phenols is 2. The number of hydroxylamine groups is 2. The van der Waals surface area contributed by atoms with E-state index in [2.05, 4.69) is 0 Å². The van der Waals surface area contributed by atoms with Crippen LogP contribution in [0.5, 0.6) is 11.5 Å². The number of hydrogen-bond donors (Lipinski definition) is 6. The van der Waals surface area contributed by atoms with Crippen molar-refractivity contribution in [1.29, 1.82) is 0 Å². The largest absolute Gasteiger partial charge is 0.507 e. The molecule has 0 unspecified atom stereocenters. The summed E-state index contributed by atoms with van der Waals surface area (Å²) in [6.07, 6.45) is 0. The number of carbonyl (C=O) groups excluding carboxylic acids is 2. The van der Waals surface area contributed by atoms with E-state index < -0.39 is 58.8 Å². The van der Waals surface area contributed by atoms with Crippen molar-refractivity contribution in [2.24, 2.45) is 0 Å². The van der Waals surface area contributed by atoms with Gasteiger partial charge in [-0.25, -0.2) is 10.1 Å². The lowest BCUT2D eigenvalue weighted by atomic mass is 9.81. The number of benzene rings is 2. The quantitative estimate of drug-likeness (QED) is 0.278. The minimum absolute atomic E-state index is 0.257. The van der Waals surface area contributed by atoms with Gasteiger partial charge in [0.15, 0.2) is 5.78 Å². The molecule has 1 aliphatic carbocycles. The molecular weight excluding hydrogens is 348 g/mol. The molecule has 26 heavy (non-hydrogen) atoms. The minimum Gasteiger partial charge on any atom is -0.507 e. The third kappa shape index (κ3) is 2.36. The molecule has 1 aliphatic rings. The Labute approximate surface area is 145 Å². The van der Waals surface area contributed by atoms with Crippen molar-refractivity contribution in [3.8, 4) is 11.5 Å². The van der Waals surface area contributed by atoms with Crippen molar-refractivity contribution in [2.45, 2.75) is 0 Å². The Hall–Kier alpha value is -3.18. The first-order valence-electron chi connectivity index (χ1n) is 7.29. The van der Waals surface area contributed by atoms with Gasteiger partial charge in [0.2, 0.25) is 5.78 Å². The fourth-order valence-corrected chi connectivity index (χ4v) is 2.91. The van der Waals surface area contributed by atoms with Crippen LogP contribution in [0, 0.1) is 0 Å². The number of carbonyl (C=O) groups is 2. The van der Waals surface area contributed by atoms with E-state index >= 15 is 0 Å². The molecule has 136 valence electrons. The molecule has 0 spiro atoms. The van der Waals surface area contributed by atoms with Gasteiger partial charge in [0.05, 0.1) is 33.6 Å². The van der Waals surface area contributed by atoms with E-state index in [1.807, 2.05) is 0 Å². The van der Waals surface area contributed by atoms with Crippen molar-refractivity contribution in [3.63, 3.8) is 0 Å². The molecular formula is C16H14N2O8. The van der Waals surface area contributed by atoms with Gasteiger partial charge in [0, 0.05) is 0 Å². The number of aliphatic hydroxyl groups is 2. The van der Waals surface area contributed by atoms with Crippen molar-refractivity contribution < 1.29 is 40.4 Å². The molecule has 0 aliphatic heterocycles. The molecule has 10 heteroatoms. The summed E-state index contributed by atoms with van der Waals surface area (Å²) in [6, 6.07) is 4.34. The Morgan fingerprint density at radius 2 is 1.00 bits per heavy atom. The normalized spacial score (nSPS) is 12.6. The van der Waals surface area contributed by atoms with Gasteiger partial charge in [-0.2, -0.15) is 0 Å². The van der Waals surface area contributed by atoms with E-state index in [4.69, 9.17) is 10.2 Å². The second-order valence-corrected chi connectivity index (χ2v) is 5.45. The number of anilines is 2. The first kappa shape index (κ1) is 17.6. The number of phenolic OH excluding ortho intramolecular Hbond substituents is 2. The smallest absolute Gasteiger partial charge is 0.202 e. The Morgan fingerprint density at radius 1 is 0.654 bits per heavy atom. The second kappa shape index (κ2) is 6.28. The predicted molar refractivity (Wildman–Crippen MR) is 85.8 cm³/mol. The molecule has 0 heterocycles. The third-order valence-corrected chi connectivity index (χ3v) is 4.06. The van der Waals surface area contributed by atoms with Gasteiger partial charge in [-0.15, -0.1) is 0 Å². The van der Waals surface area contributed by atoms with E-state index in [-0.39, 0.29) is 11.4 Å². The Morgan fingerprint density at radius 3 is 1.35 bits per heavy atom. The number of rotatable bonds is 4. The first-order valence-corrected chi connectivity index (χ1v) is 7.29. The standard InChI is InChI=1S/C16H14N2O8/c19-5-17(25)7-1-3-9(21)13-11(7)15(23)12-8(18(26)6-20)2-4-10(22)14(12)16(13)24/h1-4,19-22,25-26H,5-6H2. The summed E-state index contributed by atoms with van der Waals surface area (Å²) in [5.41, 5.74) is -2.28. The summed E-state index contributed by atoms with van der Waals surface area (Å²) in [7, 11) is 0. The van der Waals surface area contributed by atoms with Gasteiger partial charge >= 0.3 is 0 Å². The molecule has 0 radical (unpaired) electrons. The van der Waals surface area contributed by atoms with Gasteiger partial charge in [0.25, 0.3) is 0 Å². The maximum Gasteiger partial charge on any atom is 0.202 e. The highest BCUT2D eigenvalue weighted by atomic mass is 16.5. The number of fused-ring (bicyclic) bond motifs is 2. The predicted octanol–water partition coefficient (Wildman–Crippen LogP) is 0.164. The molecule has 2 aromatic carbocycles. The van der Waals surface area contributed by atoms with Crippen LogP contribution in [-0.2, 0) is 0 Å². The Bertz CT molecular complexity index is 855. The SMILES string of the molecule is O=C1c2c(O)ccc(N(O)CO)c2C(=O)c2c(N(O)CO)ccc(O)c21. The summed E-state index contributed by atoms with van der Waals surface area (Å²) in [4.78, 5) is 25.9. The van der Waals surface area contributed by atoms with Crippen molar-refractivity contribution in [1.82, 2.24) is 0 Å². The van der Waals surface area contributed by atoms with E-state index in [1.165, 1.54) is 0 Å². The highest BCUT2D eigenvalue weighted by Gasteiger charge is 2.39. The van der Waals surface area contributed by atoms with Crippen LogP contribution >= 0.6 is 0 Å². The van der Waals surface area contributed by atoms with Crippen LogP contribution in [0.1, 0.15) is 31.8 Å². The fraction of sp³-hybridized carbons (Fsp3) is 0.125. The van der Waals surface area contributed by atoms with E-state index in [9.17, 15) is 30.2 Å². The lowest BCUT2D eigenvalue weighted by molar-refractivity contribution is 0.0967. The van der Waals surface area contributed by atoms with Crippen LogP contribution in [0.3, 0.4) is 0 Å². The molecule has 3 rings (SSSR count). The van der Waals surface area contributed by atoms with Crippen molar-refractivity contribution in [3.05, 3.63) is 46.5 Å². The molecule has 0 aromatic heterocycles. The van der Waals surface area contributed by atoms with Crippen LogP contribution in [-0.4, -0.2) is 55.9 Å². The average Bonchev–Trinajstić information content (AvgIpc) is 2.64. The van der Waals surface area contributed by atoms with Gasteiger partial charge in [0.1, 0.15) is 25.0 Å². The summed E-state index contributed by atoms with van der Waals surface area (Å²) >= 11 is 0. The highest BCUT2D eigenvalue weighted by Crippen LogP contribution is 2.43. The van der Waals surface area contributed by atoms with Gasteiger partial charge in [-0.3, -0.25) is 20.0 Å². The second-order valence-electron chi connectivity index (χ2n) is 5.45. The summed E-state index contributed by atoms with van der Waals surface area (Å²) in [5, 5.41) is 58.5. The Balaban J connectivity index is 2.38. The van der Waals surface area contributed by atoms with Crippen molar-refractivity contribution >= 4 is 22.9 Å². The number of aliphatic hydroxyl groups excluding tert-OH is 2. The Kier molecular flexibility index (Phi) is 4.26. The zero-order valence-corrected chi connectivity index (χ0v) is 13.1. The van der Waals surface area contributed by atoms with E-state index in [0.717, 1.165) is 24.3 Å². The van der Waals surface area contributed by atoms with Crippen LogP contribution in [0.2, 0.25) is 0 Å². The number of hydrogen-bond acceptors (Lipinski definition) is 10. The molecule has 0 bridgehead atoms. The molecule has 0 saturated heterocycles. The molecule has 6 N–H and O–H groups in total. The highest BCUT2D eigenvalue weighted by molar-refractivity contribution is 6.33. The van der Waals surface area contributed by atoms with Crippen LogP contribution < -0.4 is 10.1 Å². The maximum absolute atomic E-state index is 13.0. The van der Waals surface area contributed by atoms with Crippen LogP contribution in [0.4, 0.5) is 11.4 Å². The third-order valence-electron chi connectivity index (χ3n) is 4.06. The van der Waals surface area contributed by atoms with Crippen LogP contribution in [0.15, 0.2) is 24.3 Å². The number of ketones is 2. The molecule has 0 saturated carbocycles. The first-order chi connectivity index (χ1) is 12.3. The minimum atomic E-state index is -0.925. The van der Waals surface area contributed by atoms with E-state index in [1.54, 1.807) is 0 Å². The van der Waals surface area contributed by atoms with Crippen molar-refractivity contribution in [2.75, 3.05) is 23.6 Å². The molecule has 0 amide bonds. The number of nitrogens with zero attached hydrogens (tertiary/aromatic N) is 2. The summed E-state index contributed by atoms with van der Waals surface area (Å²) in [5.74, 6) is -2.96. The maximum atomic E-state index is 13.0. The number of aromatic hydroxyl groups is 2. The van der Waals surface area contributed by atoms with Crippen LogP contribution in [0.25, 0.3) is 0 Å². The average molecular weight is 362 g/mol. The molecule has 10 nitrogen and oxygen atoms in total.